The fourth-order valence-electron chi connectivity index (χ4n) is 2.33. The first kappa shape index (κ1) is 13.1. The zero-order chi connectivity index (χ0) is 15.0. The van der Waals surface area contributed by atoms with Crippen molar-refractivity contribution in [3.05, 3.63) is 69.0 Å². The number of rotatable bonds is 3. The Morgan fingerprint density at radius 1 is 1.10 bits per heavy atom. The molecule has 0 fully saturated rings. The van der Waals surface area contributed by atoms with Crippen LogP contribution in [-0.4, -0.2) is 20.1 Å². The van der Waals surface area contributed by atoms with Crippen molar-refractivity contribution in [3.63, 3.8) is 0 Å². The lowest BCUT2D eigenvalue weighted by atomic mass is 10.2. The minimum absolute atomic E-state index is 0.198. The molecule has 6 heteroatoms. The largest absolute Gasteiger partial charge is 0.348 e. The standard InChI is InChI=1S/C15H13N3O3/c1-17-8-4-7-12(17)13(19)9-18-15(21)11-6-3-2-5-10(11)14(20)16-18/h2-8H,9H2,1H3,(H,16,20). The van der Waals surface area contributed by atoms with Gasteiger partial charge in [-0.3, -0.25) is 19.5 Å². The molecule has 2 aromatic heterocycles. The highest BCUT2D eigenvalue weighted by Crippen LogP contribution is 2.04. The van der Waals surface area contributed by atoms with Gasteiger partial charge in [0.15, 0.2) is 0 Å². The summed E-state index contributed by atoms with van der Waals surface area (Å²) in [6.45, 7) is -0.198. The van der Waals surface area contributed by atoms with E-state index in [4.69, 9.17) is 0 Å². The zero-order valence-corrected chi connectivity index (χ0v) is 11.4. The number of aryl methyl sites for hydroxylation is 1. The number of ketones is 1. The quantitative estimate of drug-likeness (QED) is 0.726. The normalized spacial score (nSPS) is 10.9. The van der Waals surface area contributed by atoms with Crippen molar-refractivity contribution >= 4 is 16.6 Å². The summed E-state index contributed by atoms with van der Waals surface area (Å²) in [5, 5.41) is 3.08. The number of aromatic amines is 1. The molecule has 3 rings (SSSR count). The van der Waals surface area contributed by atoms with Gasteiger partial charge in [-0.2, -0.15) is 0 Å². The van der Waals surface area contributed by atoms with Crippen LogP contribution in [0.1, 0.15) is 10.5 Å². The zero-order valence-electron chi connectivity index (χ0n) is 11.4. The number of aromatic nitrogens is 3. The first-order chi connectivity index (χ1) is 10.1. The second kappa shape index (κ2) is 4.90. The number of nitrogens with one attached hydrogen (secondary N) is 1. The lowest BCUT2D eigenvalue weighted by Crippen LogP contribution is -2.32. The molecule has 0 aliphatic rings. The molecule has 6 nitrogen and oxygen atoms in total. The van der Waals surface area contributed by atoms with E-state index in [1.807, 2.05) is 0 Å². The summed E-state index contributed by atoms with van der Waals surface area (Å²) in [7, 11) is 1.75. The van der Waals surface area contributed by atoms with E-state index in [9.17, 15) is 14.4 Å². The van der Waals surface area contributed by atoms with Gasteiger partial charge < -0.3 is 4.57 Å². The van der Waals surface area contributed by atoms with Crippen LogP contribution in [-0.2, 0) is 13.6 Å². The molecule has 1 aromatic carbocycles. The number of carbonyl (C=O) groups excluding carboxylic acids is 1. The van der Waals surface area contributed by atoms with E-state index < -0.39 is 0 Å². The Morgan fingerprint density at radius 3 is 2.48 bits per heavy atom. The Bertz CT molecular complexity index is 946. The van der Waals surface area contributed by atoms with Gasteiger partial charge in [0.1, 0.15) is 6.54 Å². The van der Waals surface area contributed by atoms with Gasteiger partial charge >= 0.3 is 0 Å². The highest BCUT2D eigenvalue weighted by Gasteiger charge is 2.13. The fraction of sp³-hybridized carbons (Fsp3) is 0.133. The number of fused-ring (bicyclic) bond motifs is 1. The minimum atomic E-state index is -0.384. The van der Waals surface area contributed by atoms with Crippen LogP contribution < -0.4 is 11.1 Å². The molecule has 0 unspecified atom stereocenters. The molecule has 0 atom stereocenters. The third-order valence-corrected chi connectivity index (χ3v) is 3.41. The Kier molecular flexibility index (Phi) is 3.06. The summed E-state index contributed by atoms with van der Waals surface area (Å²) in [4.78, 5) is 36.5. The third kappa shape index (κ3) is 2.20. The van der Waals surface area contributed by atoms with E-state index in [1.54, 1.807) is 54.2 Å². The topological polar surface area (TPSA) is 76.9 Å². The van der Waals surface area contributed by atoms with Crippen molar-refractivity contribution in [2.75, 3.05) is 0 Å². The Balaban J connectivity index is 2.08. The smallest absolute Gasteiger partial charge is 0.273 e. The number of hydrogen-bond acceptors (Lipinski definition) is 3. The number of hydrogen-bond donors (Lipinski definition) is 1. The second-order valence-electron chi connectivity index (χ2n) is 4.81. The Hall–Kier alpha value is -2.89. The van der Waals surface area contributed by atoms with Gasteiger partial charge in [0.2, 0.25) is 5.78 Å². The van der Waals surface area contributed by atoms with Gasteiger partial charge in [-0.1, -0.05) is 12.1 Å². The maximum atomic E-state index is 12.3. The van der Waals surface area contributed by atoms with Crippen LogP contribution >= 0.6 is 0 Å². The SMILES string of the molecule is Cn1cccc1C(=O)Cn1[nH]c(=O)c2ccccc2c1=O. The summed E-state index contributed by atoms with van der Waals surface area (Å²) in [5.41, 5.74) is -0.284. The summed E-state index contributed by atoms with van der Waals surface area (Å²) < 4.78 is 2.73. The summed E-state index contributed by atoms with van der Waals surface area (Å²) in [6.07, 6.45) is 1.75. The first-order valence-corrected chi connectivity index (χ1v) is 6.44. The van der Waals surface area contributed by atoms with E-state index in [-0.39, 0.29) is 23.4 Å². The van der Waals surface area contributed by atoms with Crippen molar-refractivity contribution in [1.29, 1.82) is 0 Å². The van der Waals surface area contributed by atoms with Crippen LogP contribution in [0.5, 0.6) is 0 Å². The monoisotopic (exact) mass is 283 g/mol. The predicted octanol–water partition coefficient (Wildman–Crippen LogP) is 0.911. The summed E-state index contributed by atoms with van der Waals surface area (Å²) in [6, 6.07) is 9.96. The third-order valence-electron chi connectivity index (χ3n) is 3.41. The number of Topliss-reactive ketones (excluding diaryl/α,β-unsaturated/α-hetero) is 1. The van der Waals surface area contributed by atoms with E-state index in [0.717, 1.165) is 4.68 Å². The average Bonchev–Trinajstić information content (AvgIpc) is 2.91. The number of nitrogens with zero attached hydrogens (tertiary/aromatic N) is 2. The van der Waals surface area contributed by atoms with Gasteiger partial charge in [-0.25, -0.2) is 4.68 Å². The first-order valence-electron chi connectivity index (χ1n) is 6.44. The van der Waals surface area contributed by atoms with Gasteiger partial charge in [-0.05, 0) is 24.3 Å². The molecule has 0 saturated carbocycles. The Morgan fingerprint density at radius 2 is 1.81 bits per heavy atom. The molecular formula is C15H13N3O3. The van der Waals surface area contributed by atoms with Crippen LogP contribution in [0.4, 0.5) is 0 Å². The lowest BCUT2D eigenvalue weighted by molar-refractivity contribution is 0.0958. The predicted molar refractivity (Wildman–Crippen MR) is 78.6 cm³/mol. The number of H-pyrrole nitrogens is 1. The molecule has 0 saturated heterocycles. The molecule has 2 heterocycles. The van der Waals surface area contributed by atoms with Crippen LogP contribution in [0.25, 0.3) is 10.8 Å². The van der Waals surface area contributed by atoms with Crippen LogP contribution in [0.2, 0.25) is 0 Å². The fourth-order valence-corrected chi connectivity index (χ4v) is 2.33. The highest BCUT2D eigenvalue weighted by molar-refractivity contribution is 5.94. The second-order valence-corrected chi connectivity index (χ2v) is 4.81. The summed E-state index contributed by atoms with van der Waals surface area (Å²) >= 11 is 0. The maximum absolute atomic E-state index is 12.3. The Labute approximate surface area is 119 Å². The molecular weight excluding hydrogens is 270 g/mol. The van der Waals surface area contributed by atoms with Gasteiger partial charge in [0.25, 0.3) is 11.1 Å². The van der Waals surface area contributed by atoms with Crippen LogP contribution in [0, 0.1) is 0 Å². The molecule has 0 spiro atoms. The van der Waals surface area contributed by atoms with Gasteiger partial charge in [0, 0.05) is 13.2 Å². The van der Waals surface area contributed by atoms with E-state index in [2.05, 4.69) is 5.10 Å². The molecule has 0 aliphatic carbocycles. The van der Waals surface area contributed by atoms with Crippen LogP contribution in [0.15, 0.2) is 52.2 Å². The van der Waals surface area contributed by atoms with E-state index in [1.165, 1.54) is 0 Å². The highest BCUT2D eigenvalue weighted by atomic mass is 16.2. The number of benzene rings is 1. The van der Waals surface area contributed by atoms with E-state index >= 15 is 0 Å². The molecule has 1 N–H and O–H groups in total. The van der Waals surface area contributed by atoms with Gasteiger partial charge in [-0.15, -0.1) is 0 Å². The van der Waals surface area contributed by atoms with Crippen molar-refractivity contribution in [3.8, 4) is 0 Å². The summed E-state index contributed by atoms with van der Waals surface area (Å²) in [5.74, 6) is -0.240. The molecule has 21 heavy (non-hydrogen) atoms. The van der Waals surface area contributed by atoms with Crippen molar-refractivity contribution in [2.24, 2.45) is 7.05 Å². The lowest BCUT2D eigenvalue weighted by Gasteiger charge is -2.07. The maximum Gasteiger partial charge on any atom is 0.273 e. The van der Waals surface area contributed by atoms with E-state index in [0.29, 0.717) is 16.5 Å². The van der Waals surface area contributed by atoms with Crippen molar-refractivity contribution in [2.45, 2.75) is 6.54 Å². The molecule has 3 aromatic rings. The molecule has 0 bridgehead atoms. The molecule has 0 aliphatic heterocycles. The molecule has 0 radical (unpaired) electrons. The minimum Gasteiger partial charge on any atom is -0.348 e. The van der Waals surface area contributed by atoms with Gasteiger partial charge in [0.05, 0.1) is 16.5 Å². The molecule has 0 amide bonds. The van der Waals surface area contributed by atoms with Crippen LogP contribution in [0.3, 0.4) is 0 Å². The average molecular weight is 283 g/mol. The van der Waals surface area contributed by atoms with Crippen molar-refractivity contribution in [1.82, 2.24) is 14.3 Å². The molecule has 106 valence electrons. The number of carbonyl (C=O) groups is 1. The van der Waals surface area contributed by atoms with Crippen molar-refractivity contribution < 1.29 is 4.79 Å².